The Morgan fingerprint density at radius 2 is 1.44 bits per heavy atom. The molecule has 19 nitrogen and oxygen atoms in total. The van der Waals surface area contributed by atoms with Gasteiger partial charge in [-0.2, -0.15) is 23.4 Å². The normalized spacial score (nSPS) is 11.5. The third-order valence-electron chi connectivity index (χ3n) is 6.24. The van der Waals surface area contributed by atoms with Crippen molar-refractivity contribution in [2.75, 3.05) is 10.6 Å². The number of phenols is 1. The van der Waals surface area contributed by atoms with Crippen LogP contribution in [0.25, 0.3) is 10.8 Å². The summed E-state index contributed by atoms with van der Waals surface area (Å²) in [4.78, 5) is 34.0. The number of nitrogens with zero attached hydrogens (tertiary/aromatic N) is 5. The lowest BCUT2D eigenvalue weighted by Crippen LogP contribution is -2.07. The topological polar surface area (TPSA) is 296 Å². The van der Waals surface area contributed by atoms with Gasteiger partial charge in [0.25, 0.3) is 10.1 Å². The molecular formula is C27H19N7O12S2. The van der Waals surface area contributed by atoms with E-state index in [0.29, 0.717) is 12.0 Å². The molecule has 0 aliphatic carbocycles. The molecule has 5 aromatic rings. The summed E-state index contributed by atoms with van der Waals surface area (Å²) < 4.78 is 38.7. The van der Waals surface area contributed by atoms with E-state index in [1.165, 1.54) is 54.6 Å². The number of anilines is 4. The first-order chi connectivity index (χ1) is 22.8. The lowest BCUT2D eigenvalue weighted by molar-refractivity contribution is -0.432. The Bertz CT molecular complexity index is 2220. The molecule has 0 radical (unpaired) electrons. The quantitative estimate of drug-likeness (QED) is 0.0265. The van der Waals surface area contributed by atoms with Crippen LogP contribution in [-0.2, 0) is 19.5 Å². The van der Waals surface area contributed by atoms with Gasteiger partial charge in [-0.15, -0.1) is 14.6 Å². The van der Waals surface area contributed by atoms with E-state index in [-0.39, 0.29) is 55.5 Å². The Kier molecular flexibility index (Phi) is 9.60. The highest BCUT2D eigenvalue weighted by atomic mass is 32.2. The number of rotatable bonds is 12. The van der Waals surface area contributed by atoms with E-state index in [1.54, 1.807) is 0 Å². The SMILES string of the molecule is O=C(O)c1ccccc1/N=N/c1c(SOOO)cc2cc(S(=O)(=O)O)cc(Nc3nc(O)nc(Nc4ccccc4C(=O)O)n3)c2c1O. The number of nitrogens with one attached hydrogen (secondary N) is 2. The van der Waals surface area contributed by atoms with E-state index >= 15 is 0 Å². The lowest BCUT2D eigenvalue weighted by atomic mass is 10.1. The first-order valence-corrected chi connectivity index (χ1v) is 15.0. The van der Waals surface area contributed by atoms with E-state index in [9.17, 15) is 43.0 Å². The largest absolute Gasteiger partial charge is 0.505 e. The number of aromatic nitrogens is 3. The van der Waals surface area contributed by atoms with Crippen LogP contribution in [0.5, 0.6) is 11.8 Å². The van der Waals surface area contributed by atoms with Crippen molar-refractivity contribution >= 4 is 79.5 Å². The fourth-order valence-electron chi connectivity index (χ4n) is 4.26. The Labute approximate surface area is 272 Å². The maximum atomic E-state index is 12.2. The van der Waals surface area contributed by atoms with Gasteiger partial charge in [0.05, 0.1) is 44.3 Å². The molecule has 0 aliphatic rings. The van der Waals surface area contributed by atoms with Crippen LogP contribution in [0.3, 0.4) is 0 Å². The zero-order valence-electron chi connectivity index (χ0n) is 23.5. The summed E-state index contributed by atoms with van der Waals surface area (Å²) in [6, 6.07) is 13.5. The molecule has 0 amide bonds. The van der Waals surface area contributed by atoms with Gasteiger partial charge in [-0.1, -0.05) is 29.3 Å². The van der Waals surface area contributed by atoms with Gasteiger partial charge < -0.3 is 31.1 Å². The van der Waals surface area contributed by atoms with Gasteiger partial charge in [0.1, 0.15) is 11.4 Å². The van der Waals surface area contributed by atoms with E-state index in [0.717, 1.165) is 12.1 Å². The summed E-state index contributed by atoms with van der Waals surface area (Å²) in [5.74, 6) is -4.08. The number of carboxylic acids is 2. The molecule has 4 aromatic carbocycles. The minimum Gasteiger partial charge on any atom is -0.505 e. The number of aromatic carboxylic acids is 2. The Hall–Kier alpha value is -5.97. The van der Waals surface area contributed by atoms with Crippen LogP contribution in [0.2, 0.25) is 0 Å². The van der Waals surface area contributed by atoms with Crippen LogP contribution in [0.4, 0.5) is 34.6 Å². The fourth-order valence-corrected chi connectivity index (χ4v) is 5.30. The van der Waals surface area contributed by atoms with Gasteiger partial charge in [0, 0.05) is 5.39 Å². The smallest absolute Gasteiger partial charge is 0.337 e. The van der Waals surface area contributed by atoms with Crippen LogP contribution in [-0.4, -0.2) is 65.5 Å². The molecule has 246 valence electrons. The van der Waals surface area contributed by atoms with Gasteiger partial charge in [-0.05, 0) is 47.9 Å². The van der Waals surface area contributed by atoms with Gasteiger partial charge in [-0.3, -0.25) is 4.55 Å². The summed E-state index contributed by atoms with van der Waals surface area (Å²) >= 11 is 0.302. The monoisotopic (exact) mass is 697 g/mol. The van der Waals surface area contributed by atoms with Crippen LogP contribution < -0.4 is 10.6 Å². The predicted octanol–water partition coefficient (Wildman–Crippen LogP) is 5.41. The van der Waals surface area contributed by atoms with Crippen molar-refractivity contribution in [3.63, 3.8) is 0 Å². The van der Waals surface area contributed by atoms with E-state index in [4.69, 9.17) is 5.26 Å². The number of aromatic hydroxyl groups is 2. The van der Waals surface area contributed by atoms with E-state index in [1.807, 2.05) is 0 Å². The maximum absolute atomic E-state index is 12.2. The minimum absolute atomic E-state index is 0.0524. The molecular weight excluding hydrogens is 678 g/mol. The van der Waals surface area contributed by atoms with Crippen molar-refractivity contribution in [2.45, 2.75) is 9.79 Å². The van der Waals surface area contributed by atoms with Gasteiger partial charge in [0.2, 0.25) is 11.9 Å². The second-order valence-electron chi connectivity index (χ2n) is 9.25. The number of phenolic OH excluding ortho intramolecular Hbond substituents is 1. The summed E-state index contributed by atoms with van der Waals surface area (Å²) in [7, 11) is -4.88. The number of azo groups is 1. The number of carbonyl (C=O) groups is 2. The Morgan fingerprint density at radius 3 is 2.08 bits per heavy atom. The first kappa shape index (κ1) is 33.4. The molecule has 0 atom stereocenters. The Balaban J connectivity index is 1.67. The van der Waals surface area contributed by atoms with Gasteiger partial charge >= 0.3 is 17.9 Å². The zero-order valence-corrected chi connectivity index (χ0v) is 25.2. The van der Waals surface area contributed by atoms with Crippen LogP contribution in [0.15, 0.2) is 86.7 Å². The van der Waals surface area contributed by atoms with Crippen LogP contribution in [0.1, 0.15) is 20.7 Å². The average Bonchev–Trinajstić information content (AvgIpc) is 3.02. The summed E-state index contributed by atoms with van der Waals surface area (Å²) in [6.07, 6.45) is 0. The number of para-hydroxylation sites is 1. The maximum Gasteiger partial charge on any atom is 0.337 e. The highest BCUT2D eigenvalue weighted by Crippen LogP contribution is 2.47. The Morgan fingerprint density at radius 1 is 0.812 bits per heavy atom. The first-order valence-electron chi connectivity index (χ1n) is 12.9. The molecule has 0 aliphatic heterocycles. The molecule has 0 unspecified atom stereocenters. The molecule has 0 fully saturated rings. The number of fused-ring (bicyclic) bond motifs is 1. The highest BCUT2D eigenvalue weighted by molar-refractivity contribution is 7.94. The van der Waals surface area contributed by atoms with Crippen molar-refractivity contribution in [1.82, 2.24) is 15.0 Å². The van der Waals surface area contributed by atoms with Gasteiger partial charge in [-0.25, -0.2) is 14.8 Å². The molecule has 1 heterocycles. The number of hydrogen-bond donors (Lipinski definition) is 8. The predicted molar refractivity (Wildman–Crippen MR) is 165 cm³/mol. The third kappa shape index (κ3) is 7.36. The van der Waals surface area contributed by atoms with E-state index in [2.05, 4.69) is 45.2 Å². The van der Waals surface area contributed by atoms with Gasteiger partial charge in [0.15, 0.2) is 5.75 Å². The number of benzene rings is 4. The standard InChI is InChI=1S/C27H19N7O12S2/c35-22-20-12(10-19(47-46-45-41)21(22)34-33-17-8-4-2-6-15(17)24(38)39)9-13(48(42,43)44)11-18(20)29-26-30-25(31-27(40)32-26)28-16-7-3-1-5-14(16)23(36)37/h1-11,35,41H,(H,36,37)(H,38,39)(H,42,43,44)(H3,28,29,30,31,32,40)/b34-33+. The molecule has 0 spiro atoms. The molecule has 0 saturated carbocycles. The molecule has 5 rings (SSSR count). The number of hydrogen-bond acceptors (Lipinski definition) is 17. The summed E-state index contributed by atoms with van der Waals surface area (Å²) in [5, 5.41) is 65.9. The van der Waals surface area contributed by atoms with E-state index < -0.39 is 44.7 Å². The number of carboxylic acid groups (broad SMARTS) is 2. The second kappa shape index (κ2) is 13.8. The average molecular weight is 698 g/mol. The summed E-state index contributed by atoms with van der Waals surface area (Å²) in [5.41, 5.74) is -1.09. The molecule has 48 heavy (non-hydrogen) atoms. The highest BCUT2D eigenvalue weighted by Gasteiger charge is 2.23. The zero-order chi connectivity index (χ0) is 34.6. The third-order valence-corrected chi connectivity index (χ3v) is 7.69. The minimum atomic E-state index is -4.88. The molecule has 8 N–H and O–H groups in total. The molecule has 21 heteroatoms. The molecule has 0 bridgehead atoms. The van der Waals surface area contributed by atoms with Crippen molar-refractivity contribution in [1.29, 1.82) is 0 Å². The van der Waals surface area contributed by atoms with Crippen molar-refractivity contribution in [2.24, 2.45) is 10.2 Å². The fraction of sp³-hybridized carbons (Fsp3) is 0. The van der Waals surface area contributed by atoms with Crippen molar-refractivity contribution in [3.8, 4) is 11.8 Å². The van der Waals surface area contributed by atoms with Crippen LogP contribution >= 0.6 is 12.0 Å². The summed E-state index contributed by atoms with van der Waals surface area (Å²) in [6.45, 7) is 0. The lowest BCUT2D eigenvalue weighted by Gasteiger charge is -2.15. The molecule has 1 aromatic heterocycles. The van der Waals surface area contributed by atoms with Crippen molar-refractivity contribution in [3.05, 3.63) is 77.9 Å². The van der Waals surface area contributed by atoms with Crippen LogP contribution in [0, 0.1) is 0 Å². The van der Waals surface area contributed by atoms with Crippen molar-refractivity contribution < 1.29 is 57.6 Å². The molecule has 0 saturated heterocycles. The second-order valence-corrected chi connectivity index (χ2v) is 11.4.